The van der Waals surface area contributed by atoms with E-state index in [1.165, 1.54) is 24.3 Å². The van der Waals surface area contributed by atoms with E-state index in [2.05, 4.69) is 5.32 Å². The molecule has 3 aromatic carbocycles. The molecule has 3 N–H and O–H groups in total. The van der Waals surface area contributed by atoms with Crippen LogP contribution in [0.3, 0.4) is 0 Å². The van der Waals surface area contributed by atoms with E-state index in [0.29, 0.717) is 28.1 Å². The van der Waals surface area contributed by atoms with Crippen LogP contribution in [0, 0.1) is 5.82 Å². The number of aliphatic hydroxyl groups excluding tert-OH is 2. The SMILES string of the molecule is CC(C)c1c(C(=O)Nc2ccccc2[O-])c(-c2ccccc2)c(-c2ccc(F)cc2)n1CC[C@@H](O)C[C@@H](O)CC(=O)[O-].[Na+].[Na+]. The van der Waals surface area contributed by atoms with E-state index in [-0.39, 0.29) is 95.9 Å². The number of carbonyl (C=O) groups excluding carboxylic acids is 2. The van der Waals surface area contributed by atoms with Gasteiger partial charge in [0.2, 0.25) is 0 Å². The fraction of sp³-hybridized carbons (Fsp3) is 0.273. The number of para-hydroxylation sites is 2. The number of amides is 1. The number of carboxylic acid groups (broad SMARTS) is 1. The van der Waals surface area contributed by atoms with Crippen LogP contribution in [0.2, 0.25) is 0 Å². The molecule has 0 unspecified atom stereocenters. The summed E-state index contributed by atoms with van der Waals surface area (Å²) in [5.41, 5.74) is 3.66. The Hall–Kier alpha value is -2.47. The molecule has 4 rings (SSSR count). The zero-order valence-corrected chi connectivity index (χ0v) is 29.4. The molecule has 0 bridgehead atoms. The molecule has 1 amide bonds. The number of aromatic nitrogens is 1. The number of rotatable bonds is 12. The fourth-order valence-electron chi connectivity index (χ4n) is 5.23. The van der Waals surface area contributed by atoms with Crippen LogP contribution in [-0.4, -0.2) is 38.9 Å². The summed E-state index contributed by atoms with van der Waals surface area (Å²) < 4.78 is 15.9. The van der Waals surface area contributed by atoms with E-state index >= 15 is 0 Å². The smallest absolute Gasteiger partial charge is 0.871 e. The summed E-state index contributed by atoms with van der Waals surface area (Å²) in [6, 6.07) is 21.3. The third-order valence-corrected chi connectivity index (χ3v) is 7.03. The van der Waals surface area contributed by atoms with Gasteiger partial charge in [0.1, 0.15) is 5.82 Å². The number of aliphatic carboxylic acids is 1. The standard InChI is InChI=1S/C33H35FN2O6.2Na/c1-20(2)31-30(33(42)35-26-10-6-7-11-27(26)39)29(21-8-4-3-5-9-21)32(22-12-14-23(34)15-13-22)36(31)17-16-24(37)18-25(38)19-28(40)41;;/h3-15,20,24-25,37-39H,16-19H2,1-2H3,(H,35,42)(H,40,41);;/q;2*+1/p-2/t24-,25-;;/m1../s1. The van der Waals surface area contributed by atoms with Gasteiger partial charge in [-0.25, -0.2) is 4.39 Å². The molecule has 1 heterocycles. The first-order chi connectivity index (χ1) is 20.1. The van der Waals surface area contributed by atoms with E-state index in [9.17, 15) is 34.4 Å². The number of halogens is 1. The molecule has 11 heteroatoms. The van der Waals surface area contributed by atoms with Gasteiger partial charge in [0.05, 0.1) is 23.5 Å². The van der Waals surface area contributed by atoms with Crippen LogP contribution >= 0.6 is 0 Å². The molecule has 220 valence electrons. The molecule has 44 heavy (non-hydrogen) atoms. The van der Waals surface area contributed by atoms with Crippen molar-refractivity contribution in [2.45, 2.75) is 57.8 Å². The first kappa shape index (κ1) is 37.7. The molecule has 8 nitrogen and oxygen atoms in total. The van der Waals surface area contributed by atoms with Crippen LogP contribution in [0.15, 0.2) is 78.9 Å². The number of hydrogen-bond acceptors (Lipinski definition) is 6. The quantitative estimate of drug-likeness (QED) is 0.158. The number of aliphatic hydroxyl groups is 2. The largest absolute Gasteiger partial charge is 1.00 e. The molecule has 0 aliphatic rings. The molecule has 4 aromatic rings. The van der Waals surface area contributed by atoms with Gasteiger partial charge in [0.15, 0.2) is 0 Å². The van der Waals surface area contributed by atoms with Crippen LogP contribution in [0.4, 0.5) is 10.1 Å². The molecule has 2 atom stereocenters. The van der Waals surface area contributed by atoms with Crippen molar-refractivity contribution in [1.29, 1.82) is 0 Å². The Labute approximate surface area is 300 Å². The zero-order chi connectivity index (χ0) is 30.4. The van der Waals surface area contributed by atoms with Crippen LogP contribution in [0.1, 0.15) is 55.1 Å². The molecule has 0 spiro atoms. The van der Waals surface area contributed by atoms with E-state index in [1.807, 2.05) is 48.7 Å². The minimum Gasteiger partial charge on any atom is -0.871 e. The summed E-state index contributed by atoms with van der Waals surface area (Å²) >= 11 is 0. The summed E-state index contributed by atoms with van der Waals surface area (Å²) in [5, 5.41) is 46.8. The van der Waals surface area contributed by atoms with Crippen molar-refractivity contribution in [1.82, 2.24) is 4.57 Å². The average Bonchev–Trinajstić information content (AvgIpc) is 3.29. The van der Waals surface area contributed by atoms with E-state index < -0.39 is 36.3 Å². The Bertz CT molecular complexity index is 1540. The number of carbonyl (C=O) groups is 2. The van der Waals surface area contributed by atoms with Gasteiger partial charge in [0, 0.05) is 35.9 Å². The van der Waals surface area contributed by atoms with Crippen LogP contribution < -0.4 is 74.6 Å². The minimum absolute atomic E-state index is 0. The number of nitrogens with one attached hydrogen (secondary N) is 1. The molecular weight excluding hydrogens is 585 g/mol. The van der Waals surface area contributed by atoms with Crippen LogP contribution in [-0.2, 0) is 11.3 Å². The fourth-order valence-corrected chi connectivity index (χ4v) is 5.23. The van der Waals surface area contributed by atoms with Gasteiger partial charge >= 0.3 is 59.1 Å². The summed E-state index contributed by atoms with van der Waals surface area (Å²) in [6.45, 7) is 4.05. The first-order valence-electron chi connectivity index (χ1n) is 13.8. The number of nitrogens with zero attached hydrogens (tertiary/aromatic N) is 1. The van der Waals surface area contributed by atoms with Crippen molar-refractivity contribution >= 4 is 17.6 Å². The van der Waals surface area contributed by atoms with Gasteiger partial charge in [-0.2, -0.15) is 0 Å². The topological polar surface area (TPSA) is 138 Å². The van der Waals surface area contributed by atoms with Crippen molar-refractivity contribution < 1.29 is 93.5 Å². The van der Waals surface area contributed by atoms with Gasteiger partial charge in [-0.3, -0.25) is 4.79 Å². The summed E-state index contributed by atoms with van der Waals surface area (Å²) in [6.07, 6.45) is -2.96. The molecular formula is C33H33FN2Na2O6. The zero-order valence-electron chi connectivity index (χ0n) is 25.4. The second-order valence-electron chi connectivity index (χ2n) is 10.5. The summed E-state index contributed by atoms with van der Waals surface area (Å²) in [4.78, 5) is 24.9. The Morgan fingerprint density at radius 3 is 2.09 bits per heavy atom. The molecule has 1 aromatic heterocycles. The van der Waals surface area contributed by atoms with Crippen molar-refractivity contribution in [2.24, 2.45) is 0 Å². The molecule has 0 aliphatic heterocycles. The van der Waals surface area contributed by atoms with Gasteiger partial charge in [-0.1, -0.05) is 68.1 Å². The maximum absolute atomic E-state index is 14.1. The van der Waals surface area contributed by atoms with Crippen molar-refractivity contribution in [3.05, 3.63) is 95.9 Å². The average molecular weight is 619 g/mol. The minimum atomic E-state index is -1.41. The normalized spacial score (nSPS) is 12.1. The van der Waals surface area contributed by atoms with Gasteiger partial charge in [-0.05, 0) is 60.2 Å². The number of carboxylic acids is 1. The predicted molar refractivity (Wildman–Crippen MR) is 154 cm³/mol. The number of benzene rings is 3. The maximum atomic E-state index is 14.1. The third kappa shape index (κ3) is 9.28. The Kier molecular flexibility index (Phi) is 14.8. The van der Waals surface area contributed by atoms with Crippen LogP contribution in [0.25, 0.3) is 22.4 Å². The summed E-state index contributed by atoms with van der Waals surface area (Å²) in [5.74, 6) is -2.87. The van der Waals surface area contributed by atoms with Crippen molar-refractivity contribution in [3.8, 4) is 28.1 Å². The first-order valence-corrected chi connectivity index (χ1v) is 13.8. The van der Waals surface area contributed by atoms with E-state index in [1.54, 1.807) is 24.3 Å². The van der Waals surface area contributed by atoms with Crippen LogP contribution in [0.5, 0.6) is 5.75 Å². The molecule has 0 saturated carbocycles. The second-order valence-corrected chi connectivity index (χ2v) is 10.5. The Balaban J connectivity index is 0.00000337. The molecule has 0 saturated heterocycles. The van der Waals surface area contributed by atoms with E-state index in [0.717, 1.165) is 5.56 Å². The number of anilines is 1. The Morgan fingerprint density at radius 2 is 1.50 bits per heavy atom. The number of hydrogen-bond donors (Lipinski definition) is 3. The predicted octanol–water partition coefficient (Wildman–Crippen LogP) is -1.94. The van der Waals surface area contributed by atoms with Crippen molar-refractivity contribution in [2.75, 3.05) is 5.32 Å². The molecule has 0 radical (unpaired) electrons. The third-order valence-electron chi connectivity index (χ3n) is 7.03. The molecule has 0 fully saturated rings. The van der Waals surface area contributed by atoms with Gasteiger partial charge < -0.3 is 35.1 Å². The summed E-state index contributed by atoms with van der Waals surface area (Å²) in [7, 11) is 0. The van der Waals surface area contributed by atoms with Crippen molar-refractivity contribution in [3.63, 3.8) is 0 Å². The monoisotopic (exact) mass is 618 g/mol. The molecule has 0 aliphatic carbocycles. The van der Waals surface area contributed by atoms with Gasteiger partial charge in [-0.15, -0.1) is 0 Å². The maximum Gasteiger partial charge on any atom is 1.00 e. The van der Waals surface area contributed by atoms with Gasteiger partial charge in [0.25, 0.3) is 5.91 Å². The second kappa shape index (κ2) is 17.3. The Morgan fingerprint density at radius 1 is 0.886 bits per heavy atom. The van der Waals surface area contributed by atoms with E-state index in [4.69, 9.17) is 0 Å².